The Labute approximate surface area is 206 Å². The maximum atomic E-state index is 14.6. The highest BCUT2D eigenvalue weighted by Crippen LogP contribution is 2.32. The molecule has 0 bridgehead atoms. The van der Waals surface area contributed by atoms with E-state index in [0.717, 1.165) is 22.8 Å². The number of aromatic nitrogens is 4. The third-order valence-electron chi connectivity index (χ3n) is 5.21. The van der Waals surface area contributed by atoms with Gasteiger partial charge in [-0.1, -0.05) is 0 Å². The number of allylic oxidation sites excluding steroid dienone is 5. The molecule has 1 amide bonds. The van der Waals surface area contributed by atoms with Gasteiger partial charge in [0.2, 0.25) is 5.95 Å². The molecule has 10 nitrogen and oxygen atoms in total. The predicted octanol–water partition coefficient (Wildman–Crippen LogP) is 5.14. The zero-order chi connectivity index (χ0) is 25.3. The molecule has 3 heterocycles. The molecule has 11 heteroatoms. The number of carbonyl (C=O) groups is 1. The Hall–Kier alpha value is -4.67. The predicted molar refractivity (Wildman–Crippen MR) is 132 cm³/mol. The van der Waals surface area contributed by atoms with Gasteiger partial charge in [-0.2, -0.15) is 10.1 Å². The largest absolute Gasteiger partial charge is 0.465 e. The smallest absolute Gasteiger partial charge is 0.412 e. The molecule has 3 aromatic rings. The molecule has 0 fully saturated rings. The maximum absolute atomic E-state index is 14.6. The number of carbonyl (C=O) groups excluding carboxylic acids is 1. The van der Waals surface area contributed by atoms with Crippen LogP contribution in [-0.4, -0.2) is 31.9 Å². The first kappa shape index (κ1) is 23.1. The second kappa shape index (κ2) is 9.17. The number of anilines is 3. The van der Waals surface area contributed by atoms with Crippen molar-refractivity contribution in [1.82, 2.24) is 25.5 Å². The lowest BCUT2D eigenvalue weighted by molar-refractivity contribution is 0.0546. The summed E-state index contributed by atoms with van der Waals surface area (Å²) in [7, 11) is 0. The van der Waals surface area contributed by atoms with Crippen molar-refractivity contribution in [3.8, 4) is 0 Å². The topological polar surface area (TPSA) is 126 Å². The van der Waals surface area contributed by atoms with Crippen molar-refractivity contribution < 1.29 is 18.7 Å². The molecule has 5 rings (SSSR count). The van der Waals surface area contributed by atoms with Crippen LogP contribution in [0.15, 0.2) is 77.8 Å². The number of amides is 1. The van der Waals surface area contributed by atoms with E-state index in [1.54, 1.807) is 45.2 Å². The summed E-state index contributed by atoms with van der Waals surface area (Å²) in [6.07, 6.45) is 9.21. The van der Waals surface area contributed by atoms with Gasteiger partial charge >= 0.3 is 6.09 Å². The third-order valence-corrected chi connectivity index (χ3v) is 5.21. The number of benzene rings is 1. The second-order valence-corrected chi connectivity index (χ2v) is 9.15. The summed E-state index contributed by atoms with van der Waals surface area (Å²) >= 11 is 0. The van der Waals surface area contributed by atoms with Gasteiger partial charge in [-0.3, -0.25) is 10.4 Å². The highest BCUT2D eigenvalue weighted by molar-refractivity contribution is 5.82. The summed E-state index contributed by atoms with van der Waals surface area (Å²) in [4.78, 5) is 20.6. The van der Waals surface area contributed by atoms with E-state index >= 15 is 0 Å². The van der Waals surface area contributed by atoms with Gasteiger partial charge in [-0.05, 0) is 57.2 Å². The Morgan fingerprint density at radius 1 is 1.19 bits per heavy atom. The Morgan fingerprint density at radius 3 is 2.89 bits per heavy atom. The number of nitrogens with zero attached hydrogens (tertiary/aromatic N) is 3. The van der Waals surface area contributed by atoms with E-state index in [1.807, 2.05) is 18.2 Å². The fourth-order valence-electron chi connectivity index (χ4n) is 3.66. The zero-order valence-corrected chi connectivity index (χ0v) is 19.8. The Bertz CT molecular complexity index is 1460. The number of ether oxygens (including phenoxy) is 2. The van der Waals surface area contributed by atoms with E-state index in [0.29, 0.717) is 29.1 Å². The van der Waals surface area contributed by atoms with Crippen LogP contribution in [0.1, 0.15) is 27.2 Å². The second-order valence-electron chi connectivity index (χ2n) is 9.15. The Morgan fingerprint density at radius 2 is 2.06 bits per heavy atom. The molecule has 2 aliphatic rings. The number of fused-ring (bicyclic) bond motifs is 2. The van der Waals surface area contributed by atoms with Crippen LogP contribution in [0.3, 0.4) is 0 Å². The SMILES string of the molecule is CC(C)(C)OC(=O)NC1=C2CC(Nc3nc(Nc4ccc5cn[nH]c5c4)ncc3F)=CC=C2OC=C1. The molecule has 0 unspecified atom stereocenters. The van der Waals surface area contributed by atoms with Crippen molar-refractivity contribution in [3.05, 3.63) is 83.6 Å². The first-order valence-corrected chi connectivity index (χ1v) is 11.2. The maximum Gasteiger partial charge on any atom is 0.412 e. The molecule has 0 spiro atoms. The van der Waals surface area contributed by atoms with Crippen LogP contribution >= 0.6 is 0 Å². The van der Waals surface area contributed by atoms with Gasteiger partial charge in [0.15, 0.2) is 11.6 Å². The van der Waals surface area contributed by atoms with Crippen molar-refractivity contribution in [2.24, 2.45) is 0 Å². The van der Waals surface area contributed by atoms with Crippen molar-refractivity contribution >= 4 is 34.4 Å². The van der Waals surface area contributed by atoms with Crippen LogP contribution in [0.2, 0.25) is 0 Å². The fraction of sp³-hybridized carbons (Fsp3) is 0.200. The summed E-state index contributed by atoms with van der Waals surface area (Å²) < 4.78 is 25.5. The molecule has 0 saturated heterocycles. The Balaban J connectivity index is 1.33. The number of aromatic amines is 1. The molecule has 2 aromatic heterocycles. The first-order chi connectivity index (χ1) is 17.2. The number of hydrogen-bond donors (Lipinski definition) is 4. The molecule has 36 heavy (non-hydrogen) atoms. The summed E-state index contributed by atoms with van der Waals surface area (Å²) in [5.74, 6) is 0.198. The van der Waals surface area contributed by atoms with Crippen molar-refractivity contribution in [1.29, 1.82) is 0 Å². The van der Waals surface area contributed by atoms with E-state index < -0.39 is 17.5 Å². The van der Waals surface area contributed by atoms with Crippen molar-refractivity contribution in [2.45, 2.75) is 32.8 Å². The molecule has 0 saturated carbocycles. The number of halogens is 1. The zero-order valence-electron chi connectivity index (χ0n) is 19.8. The standard InChI is InChI=1S/C25H24FN7O3/c1-25(2,3)36-24(34)31-19-8-9-35-21-7-6-15(10-17(19)21)29-22-18(26)13-27-23(32-22)30-16-5-4-14-12-28-33-20(14)11-16/h4-9,11-13H,10H2,1-3H3,(H,28,33)(H,31,34)(H2,27,29,30,32). The summed E-state index contributed by atoms with van der Waals surface area (Å²) in [5.41, 5.74) is 2.84. The van der Waals surface area contributed by atoms with E-state index in [9.17, 15) is 9.18 Å². The molecule has 0 radical (unpaired) electrons. The molecule has 1 aliphatic heterocycles. The lowest BCUT2D eigenvalue weighted by Gasteiger charge is -2.25. The van der Waals surface area contributed by atoms with Crippen LogP contribution in [0.25, 0.3) is 10.9 Å². The molecular formula is C25H24FN7O3. The third kappa shape index (κ3) is 5.19. The normalized spacial score (nSPS) is 15.0. The van der Waals surface area contributed by atoms with Gasteiger partial charge in [0.25, 0.3) is 0 Å². The van der Waals surface area contributed by atoms with Gasteiger partial charge in [0.05, 0.1) is 29.9 Å². The van der Waals surface area contributed by atoms with Crippen LogP contribution in [0.4, 0.5) is 26.6 Å². The van der Waals surface area contributed by atoms with Gasteiger partial charge in [-0.15, -0.1) is 0 Å². The van der Waals surface area contributed by atoms with Crippen molar-refractivity contribution in [2.75, 3.05) is 10.6 Å². The summed E-state index contributed by atoms with van der Waals surface area (Å²) in [5, 5.41) is 16.7. The van der Waals surface area contributed by atoms with Gasteiger partial charge in [-0.25, -0.2) is 14.2 Å². The monoisotopic (exact) mass is 489 g/mol. The van der Waals surface area contributed by atoms with Crippen molar-refractivity contribution in [3.63, 3.8) is 0 Å². The number of alkyl carbamates (subject to hydrolysis) is 1. The molecule has 1 aromatic carbocycles. The van der Waals surface area contributed by atoms with Gasteiger partial charge in [0.1, 0.15) is 11.4 Å². The number of hydrogen-bond acceptors (Lipinski definition) is 8. The van der Waals surface area contributed by atoms with Crippen LogP contribution < -0.4 is 16.0 Å². The average Bonchev–Trinajstić information content (AvgIpc) is 3.28. The lowest BCUT2D eigenvalue weighted by Crippen LogP contribution is -2.33. The average molecular weight is 490 g/mol. The minimum atomic E-state index is -0.636. The molecular weight excluding hydrogens is 465 g/mol. The summed E-state index contributed by atoms with van der Waals surface area (Å²) in [6.45, 7) is 5.36. The lowest BCUT2D eigenvalue weighted by atomic mass is 9.99. The number of rotatable bonds is 5. The Kier molecular flexibility index (Phi) is 5.88. The minimum absolute atomic E-state index is 0.00717. The highest BCUT2D eigenvalue weighted by atomic mass is 19.1. The van der Waals surface area contributed by atoms with Gasteiger partial charge < -0.3 is 20.1 Å². The summed E-state index contributed by atoms with van der Waals surface area (Å²) in [6, 6.07) is 5.62. The molecule has 4 N–H and O–H groups in total. The van der Waals surface area contributed by atoms with Crippen LogP contribution in [0, 0.1) is 5.82 Å². The van der Waals surface area contributed by atoms with E-state index in [-0.39, 0.29) is 11.8 Å². The molecule has 1 aliphatic carbocycles. The first-order valence-electron chi connectivity index (χ1n) is 11.2. The quantitative estimate of drug-likeness (QED) is 0.388. The number of nitrogens with one attached hydrogen (secondary N) is 4. The van der Waals surface area contributed by atoms with E-state index in [1.165, 1.54) is 6.26 Å². The molecule has 184 valence electrons. The fourth-order valence-corrected chi connectivity index (χ4v) is 3.66. The van der Waals surface area contributed by atoms with E-state index in [4.69, 9.17) is 9.47 Å². The van der Waals surface area contributed by atoms with Gasteiger partial charge in [0, 0.05) is 28.8 Å². The van der Waals surface area contributed by atoms with Crippen LogP contribution in [0.5, 0.6) is 0 Å². The highest BCUT2D eigenvalue weighted by Gasteiger charge is 2.24. The van der Waals surface area contributed by atoms with E-state index in [2.05, 4.69) is 36.1 Å². The molecule has 0 atom stereocenters. The number of H-pyrrole nitrogens is 1. The van der Waals surface area contributed by atoms with Crippen LogP contribution in [-0.2, 0) is 9.47 Å². The minimum Gasteiger partial charge on any atom is -0.465 e.